The zero-order chi connectivity index (χ0) is 19.3. The van der Waals surface area contributed by atoms with Crippen molar-refractivity contribution in [1.82, 2.24) is 0 Å². The molecule has 0 aliphatic carbocycles. The number of benzene rings is 1. The topological polar surface area (TPSA) is 35.5 Å². The number of carbonyl (C=O) groups excluding carboxylic acids is 1. The highest BCUT2D eigenvalue weighted by molar-refractivity contribution is 5.84. The van der Waals surface area contributed by atoms with E-state index in [0.717, 1.165) is 22.5 Å². The molecule has 1 aliphatic heterocycles. The van der Waals surface area contributed by atoms with Gasteiger partial charge in [0.15, 0.2) is 0 Å². The second-order valence-electron chi connectivity index (χ2n) is 7.76. The number of ether oxygens (including phenoxy) is 2. The van der Waals surface area contributed by atoms with Crippen molar-refractivity contribution in [1.29, 1.82) is 0 Å². The Kier molecular flexibility index (Phi) is 6.47. The van der Waals surface area contributed by atoms with Crippen molar-refractivity contribution in [2.45, 2.75) is 47.5 Å². The van der Waals surface area contributed by atoms with Crippen LogP contribution in [0.1, 0.15) is 58.6 Å². The lowest BCUT2D eigenvalue weighted by Gasteiger charge is -2.18. The van der Waals surface area contributed by atoms with Gasteiger partial charge in [-0.15, -0.1) is 0 Å². The van der Waals surface area contributed by atoms with Crippen LogP contribution in [0.5, 0.6) is 5.75 Å². The van der Waals surface area contributed by atoms with E-state index in [-0.39, 0.29) is 11.4 Å². The van der Waals surface area contributed by atoms with Crippen LogP contribution in [0.25, 0.3) is 5.57 Å². The number of allylic oxidation sites excluding steroid dienone is 4. The molecule has 0 atom stereocenters. The van der Waals surface area contributed by atoms with Crippen molar-refractivity contribution < 1.29 is 14.3 Å². The highest BCUT2D eigenvalue weighted by Gasteiger charge is 2.23. The van der Waals surface area contributed by atoms with Crippen molar-refractivity contribution in [3.8, 4) is 5.75 Å². The summed E-state index contributed by atoms with van der Waals surface area (Å²) in [6, 6.07) is 6.41. The highest BCUT2D eigenvalue weighted by atomic mass is 16.5. The van der Waals surface area contributed by atoms with Crippen LogP contribution in [0.3, 0.4) is 0 Å². The fourth-order valence-electron chi connectivity index (χ4n) is 2.84. The predicted octanol–water partition coefficient (Wildman–Crippen LogP) is 5.68. The van der Waals surface area contributed by atoms with Crippen LogP contribution in [0, 0.1) is 5.41 Å². The van der Waals surface area contributed by atoms with Gasteiger partial charge in [0.2, 0.25) is 0 Å². The van der Waals surface area contributed by atoms with E-state index in [2.05, 4.69) is 58.0 Å². The highest BCUT2D eigenvalue weighted by Crippen LogP contribution is 2.37. The van der Waals surface area contributed by atoms with Crippen LogP contribution in [0.4, 0.5) is 0 Å². The van der Waals surface area contributed by atoms with E-state index in [1.807, 2.05) is 13.0 Å². The van der Waals surface area contributed by atoms with Gasteiger partial charge >= 0.3 is 5.97 Å². The second-order valence-corrected chi connectivity index (χ2v) is 7.76. The first-order valence-corrected chi connectivity index (χ1v) is 9.25. The Balaban J connectivity index is 2.41. The second kappa shape index (κ2) is 8.39. The molecule has 0 amide bonds. The maximum atomic E-state index is 11.6. The van der Waals surface area contributed by atoms with Crippen molar-refractivity contribution >= 4 is 11.5 Å². The fourth-order valence-corrected chi connectivity index (χ4v) is 2.84. The Hall–Kier alpha value is -2.29. The molecule has 3 heteroatoms. The molecule has 0 unspecified atom stereocenters. The molecule has 1 heterocycles. The number of carbonyl (C=O) groups is 1. The molecule has 0 radical (unpaired) electrons. The monoisotopic (exact) mass is 354 g/mol. The smallest absolute Gasteiger partial charge is 0.330 e. The zero-order valence-corrected chi connectivity index (χ0v) is 16.8. The van der Waals surface area contributed by atoms with Gasteiger partial charge in [-0.25, -0.2) is 4.79 Å². The Morgan fingerprint density at radius 1 is 1.35 bits per heavy atom. The van der Waals surface area contributed by atoms with Crippen LogP contribution in [0.2, 0.25) is 0 Å². The van der Waals surface area contributed by atoms with Crippen molar-refractivity contribution in [3.05, 3.63) is 59.2 Å². The summed E-state index contributed by atoms with van der Waals surface area (Å²) in [5, 5.41) is 0. The maximum absolute atomic E-state index is 11.6. The minimum atomic E-state index is -0.310. The fraction of sp³-hybridized carbons (Fsp3) is 0.435. The molecule has 140 valence electrons. The number of rotatable bonds is 5. The lowest BCUT2D eigenvalue weighted by atomic mass is 9.89. The van der Waals surface area contributed by atoms with Gasteiger partial charge in [-0.2, -0.15) is 0 Å². The van der Waals surface area contributed by atoms with Crippen LogP contribution in [0.15, 0.2) is 48.1 Å². The maximum Gasteiger partial charge on any atom is 0.330 e. The summed E-state index contributed by atoms with van der Waals surface area (Å²) in [6.07, 6.45) is 7.78. The number of esters is 1. The summed E-state index contributed by atoms with van der Waals surface area (Å²) in [7, 11) is 0. The molecule has 0 aromatic heterocycles. The molecule has 0 saturated carbocycles. The quantitative estimate of drug-likeness (QED) is 0.388. The average Bonchev–Trinajstić information content (AvgIpc) is 2.69. The average molecular weight is 354 g/mol. The molecule has 0 saturated heterocycles. The standard InChI is InChI=1S/C23H30O3/c1-7-25-22(24)12-17(4)8-9-19-14-23(5,6)15-26-21-11-10-18(16(2)3)13-20(19)21/h8-14,16H,7,15H2,1-6H3/b9-8+,17-12+. The SMILES string of the molecule is CCOC(=O)/C=C(C)/C=C/C1=CC(C)(C)COc2ccc(C(C)C)cc21. The van der Waals surface area contributed by atoms with E-state index in [9.17, 15) is 4.79 Å². The van der Waals surface area contributed by atoms with Crippen LogP contribution in [-0.4, -0.2) is 19.2 Å². The molecule has 2 rings (SSSR count). The van der Waals surface area contributed by atoms with Crippen molar-refractivity contribution in [2.75, 3.05) is 13.2 Å². The lowest BCUT2D eigenvalue weighted by molar-refractivity contribution is -0.137. The first kappa shape index (κ1) is 20.0. The van der Waals surface area contributed by atoms with E-state index in [1.54, 1.807) is 6.92 Å². The third-order valence-corrected chi connectivity index (χ3v) is 4.29. The largest absolute Gasteiger partial charge is 0.492 e. The van der Waals surface area contributed by atoms with E-state index < -0.39 is 0 Å². The number of hydrogen-bond donors (Lipinski definition) is 0. The third kappa shape index (κ3) is 5.35. The number of hydrogen-bond acceptors (Lipinski definition) is 3. The first-order valence-electron chi connectivity index (χ1n) is 9.25. The third-order valence-electron chi connectivity index (χ3n) is 4.29. The van der Waals surface area contributed by atoms with Crippen LogP contribution >= 0.6 is 0 Å². The predicted molar refractivity (Wildman–Crippen MR) is 107 cm³/mol. The molecule has 0 spiro atoms. The Morgan fingerprint density at radius 3 is 2.73 bits per heavy atom. The summed E-state index contributed by atoms with van der Waals surface area (Å²) in [5.41, 5.74) is 4.28. The number of fused-ring (bicyclic) bond motifs is 1. The molecular weight excluding hydrogens is 324 g/mol. The lowest BCUT2D eigenvalue weighted by Crippen LogP contribution is -2.17. The first-order chi connectivity index (χ1) is 12.2. The zero-order valence-electron chi connectivity index (χ0n) is 16.8. The minimum absolute atomic E-state index is 0.0740. The molecule has 1 aliphatic rings. The summed E-state index contributed by atoms with van der Waals surface area (Å²) < 4.78 is 11.0. The van der Waals surface area contributed by atoms with Crippen LogP contribution < -0.4 is 4.74 Å². The molecule has 1 aromatic rings. The Bertz CT molecular complexity index is 749. The minimum Gasteiger partial charge on any atom is -0.492 e. The van der Waals surface area contributed by atoms with Gasteiger partial charge in [0.05, 0.1) is 13.2 Å². The van der Waals surface area contributed by atoms with Gasteiger partial charge in [0.1, 0.15) is 5.75 Å². The molecule has 0 bridgehead atoms. The van der Waals surface area contributed by atoms with E-state index in [4.69, 9.17) is 9.47 Å². The van der Waals surface area contributed by atoms with Crippen LogP contribution in [-0.2, 0) is 9.53 Å². The Labute approximate surface area is 157 Å². The summed E-state index contributed by atoms with van der Waals surface area (Å²) in [6.45, 7) is 13.4. The van der Waals surface area contributed by atoms with Gasteiger partial charge in [0.25, 0.3) is 0 Å². The molecule has 0 N–H and O–H groups in total. The molecule has 0 fully saturated rings. The molecule has 3 nitrogen and oxygen atoms in total. The summed E-state index contributed by atoms with van der Waals surface area (Å²) in [4.78, 5) is 11.6. The molecular formula is C23H30O3. The normalized spacial score (nSPS) is 16.7. The summed E-state index contributed by atoms with van der Waals surface area (Å²) >= 11 is 0. The molecule has 1 aromatic carbocycles. The van der Waals surface area contributed by atoms with E-state index >= 15 is 0 Å². The van der Waals surface area contributed by atoms with Gasteiger partial charge in [-0.1, -0.05) is 52.0 Å². The van der Waals surface area contributed by atoms with Gasteiger partial charge in [-0.3, -0.25) is 0 Å². The van der Waals surface area contributed by atoms with Gasteiger partial charge in [-0.05, 0) is 48.6 Å². The molecule has 26 heavy (non-hydrogen) atoms. The van der Waals surface area contributed by atoms with Crippen molar-refractivity contribution in [2.24, 2.45) is 5.41 Å². The van der Waals surface area contributed by atoms with E-state index in [1.165, 1.54) is 11.6 Å². The van der Waals surface area contributed by atoms with Gasteiger partial charge < -0.3 is 9.47 Å². The van der Waals surface area contributed by atoms with E-state index in [0.29, 0.717) is 19.1 Å². The summed E-state index contributed by atoms with van der Waals surface area (Å²) in [5.74, 6) is 1.05. The van der Waals surface area contributed by atoms with Gasteiger partial charge in [0, 0.05) is 17.1 Å². The van der Waals surface area contributed by atoms with Crippen molar-refractivity contribution in [3.63, 3.8) is 0 Å². The Morgan fingerprint density at radius 2 is 2.08 bits per heavy atom.